The van der Waals surface area contributed by atoms with Crippen LogP contribution in [-0.4, -0.2) is 43.0 Å². The fourth-order valence-corrected chi connectivity index (χ4v) is 3.94. The van der Waals surface area contributed by atoms with E-state index in [0.29, 0.717) is 5.75 Å². The average Bonchev–Trinajstić information content (AvgIpc) is 2.81. The van der Waals surface area contributed by atoms with Crippen molar-refractivity contribution in [2.45, 2.75) is 12.8 Å². The van der Waals surface area contributed by atoms with Crippen LogP contribution in [0.3, 0.4) is 0 Å². The second-order valence-electron chi connectivity index (χ2n) is 7.66. The van der Waals surface area contributed by atoms with E-state index >= 15 is 0 Å². The van der Waals surface area contributed by atoms with Gasteiger partial charge in [-0.25, -0.2) is 0 Å². The number of nitrogens with zero attached hydrogens (tertiary/aromatic N) is 2. The summed E-state index contributed by atoms with van der Waals surface area (Å²) in [6.07, 6.45) is 0. The highest BCUT2D eigenvalue weighted by Gasteiger charge is 2.25. The van der Waals surface area contributed by atoms with E-state index in [2.05, 4.69) is 4.90 Å². The summed E-state index contributed by atoms with van der Waals surface area (Å²) in [7, 11) is 0. The molecule has 0 spiro atoms. The van der Waals surface area contributed by atoms with Gasteiger partial charge in [-0.15, -0.1) is 0 Å². The molecule has 0 aliphatic carbocycles. The lowest BCUT2D eigenvalue weighted by molar-refractivity contribution is -0.135. The zero-order valence-corrected chi connectivity index (χ0v) is 17.6. The number of hydrogen-bond acceptors (Lipinski definition) is 4. The highest BCUT2D eigenvalue weighted by atomic mass is 16.5. The van der Waals surface area contributed by atoms with E-state index < -0.39 is 5.92 Å². The first-order chi connectivity index (χ1) is 15.1. The number of benzene rings is 3. The summed E-state index contributed by atoms with van der Waals surface area (Å²) < 4.78 is 5.77. The van der Waals surface area contributed by atoms with Gasteiger partial charge >= 0.3 is 5.97 Å². The molecular weight excluding hydrogens is 388 g/mol. The first-order valence-corrected chi connectivity index (χ1v) is 10.5. The third-order valence-electron chi connectivity index (χ3n) is 5.65. The normalized spacial score (nSPS) is 13.9. The summed E-state index contributed by atoms with van der Waals surface area (Å²) in [5.41, 5.74) is 2.86. The average molecular weight is 415 g/mol. The van der Waals surface area contributed by atoms with Crippen molar-refractivity contribution in [3.63, 3.8) is 0 Å². The molecule has 0 saturated carbocycles. The molecule has 1 aliphatic heterocycles. The monoisotopic (exact) mass is 414 g/mol. The van der Waals surface area contributed by atoms with Gasteiger partial charge in [0.1, 0.15) is 11.7 Å². The summed E-state index contributed by atoms with van der Waals surface area (Å²) >= 11 is 0. The second kappa shape index (κ2) is 9.47. The number of amides is 1. The van der Waals surface area contributed by atoms with Crippen molar-refractivity contribution in [1.29, 1.82) is 0 Å². The molecule has 1 fully saturated rings. The molecule has 0 atom stereocenters. The fraction of sp³-hybridized carbons (Fsp3) is 0.231. The second-order valence-corrected chi connectivity index (χ2v) is 7.66. The van der Waals surface area contributed by atoms with E-state index in [4.69, 9.17) is 4.74 Å². The molecule has 1 aliphatic rings. The van der Waals surface area contributed by atoms with E-state index in [1.807, 2.05) is 89.8 Å². The van der Waals surface area contributed by atoms with E-state index in [-0.39, 0.29) is 11.9 Å². The minimum atomic E-state index is -0.485. The van der Waals surface area contributed by atoms with Crippen LogP contribution in [0.2, 0.25) is 0 Å². The third kappa shape index (κ3) is 4.94. The van der Waals surface area contributed by atoms with Crippen molar-refractivity contribution >= 4 is 17.6 Å². The lowest BCUT2D eigenvalue weighted by Crippen LogP contribution is -2.48. The van der Waals surface area contributed by atoms with Gasteiger partial charge in [0.05, 0.1) is 0 Å². The summed E-state index contributed by atoms with van der Waals surface area (Å²) in [5, 5.41) is 0. The Hall–Kier alpha value is -3.60. The summed E-state index contributed by atoms with van der Waals surface area (Å²) in [6.45, 7) is 4.65. The van der Waals surface area contributed by atoms with E-state index in [1.54, 1.807) is 6.92 Å². The van der Waals surface area contributed by atoms with Crippen molar-refractivity contribution in [1.82, 2.24) is 4.90 Å². The molecule has 0 unspecified atom stereocenters. The Bertz CT molecular complexity index is 972. The van der Waals surface area contributed by atoms with Crippen molar-refractivity contribution < 1.29 is 14.3 Å². The van der Waals surface area contributed by atoms with E-state index in [1.165, 1.54) is 0 Å². The van der Waals surface area contributed by atoms with Gasteiger partial charge in [-0.3, -0.25) is 9.59 Å². The molecule has 0 aromatic heterocycles. The molecule has 4 rings (SSSR count). The van der Waals surface area contributed by atoms with Gasteiger partial charge in [0, 0.05) is 38.8 Å². The maximum absolute atomic E-state index is 13.1. The zero-order valence-electron chi connectivity index (χ0n) is 17.6. The van der Waals surface area contributed by atoms with Crippen molar-refractivity contribution in [3.8, 4) is 5.75 Å². The van der Waals surface area contributed by atoms with Gasteiger partial charge in [0.15, 0.2) is 0 Å². The predicted molar refractivity (Wildman–Crippen MR) is 121 cm³/mol. The minimum absolute atomic E-state index is 0.119. The smallest absolute Gasteiger partial charge is 0.323 e. The Balaban J connectivity index is 1.46. The number of hydrogen-bond donors (Lipinski definition) is 0. The van der Waals surface area contributed by atoms with Crippen LogP contribution < -0.4 is 9.64 Å². The number of carbonyl (C=O) groups is 2. The van der Waals surface area contributed by atoms with Gasteiger partial charge < -0.3 is 14.5 Å². The number of carbonyl (C=O) groups excluding carboxylic acids is 2. The van der Waals surface area contributed by atoms with Crippen molar-refractivity contribution in [3.05, 3.63) is 96.1 Å². The van der Waals surface area contributed by atoms with Crippen molar-refractivity contribution in [2.75, 3.05) is 31.1 Å². The van der Waals surface area contributed by atoms with Gasteiger partial charge in [-0.1, -0.05) is 60.7 Å². The molecule has 3 aromatic rings. The lowest BCUT2D eigenvalue weighted by atomic mass is 9.91. The molecule has 1 heterocycles. The zero-order chi connectivity index (χ0) is 21.6. The molecule has 5 nitrogen and oxygen atoms in total. The summed E-state index contributed by atoms with van der Waals surface area (Å²) in [6, 6.07) is 27.0. The number of anilines is 1. The van der Waals surface area contributed by atoms with Crippen LogP contribution in [0.15, 0.2) is 84.9 Å². The highest BCUT2D eigenvalue weighted by Crippen LogP contribution is 2.28. The first kappa shape index (κ1) is 20.7. The Labute approximate surface area is 182 Å². The van der Waals surface area contributed by atoms with E-state index in [9.17, 15) is 9.59 Å². The van der Waals surface area contributed by atoms with Crippen LogP contribution in [0.25, 0.3) is 0 Å². The molecule has 158 valence electrons. The maximum atomic E-state index is 13.1. The number of esters is 1. The summed E-state index contributed by atoms with van der Waals surface area (Å²) in [4.78, 5) is 28.7. The molecule has 1 saturated heterocycles. The molecular formula is C26H26N2O3. The number of piperazine rings is 1. The first-order valence-electron chi connectivity index (χ1n) is 10.5. The molecule has 1 amide bonds. The minimum Gasteiger partial charge on any atom is -0.426 e. The van der Waals surface area contributed by atoms with Crippen LogP contribution in [-0.2, 0) is 9.59 Å². The van der Waals surface area contributed by atoms with Crippen LogP contribution >= 0.6 is 0 Å². The van der Waals surface area contributed by atoms with E-state index in [0.717, 1.165) is 43.0 Å². The molecule has 0 N–H and O–H groups in total. The quantitative estimate of drug-likeness (QED) is 0.466. The molecule has 3 aromatic carbocycles. The Morgan fingerprint density at radius 2 is 1.26 bits per heavy atom. The number of rotatable bonds is 5. The Morgan fingerprint density at radius 1 is 0.742 bits per heavy atom. The largest absolute Gasteiger partial charge is 0.426 e. The van der Waals surface area contributed by atoms with Gasteiger partial charge in [0.25, 0.3) is 0 Å². The Morgan fingerprint density at radius 3 is 1.74 bits per heavy atom. The molecule has 31 heavy (non-hydrogen) atoms. The van der Waals surface area contributed by atoms with Gasteiger partial charge in [-0.2, -0.15) is 0 Å². The predicted octanol–water partition coefficient (Wildman–Crippen LogP) is 4.09. The summed E-state index contributed by atoms with van der Waals surface area (Å²) in [5.74, 6) is -0.150. The Kier molecular flexibility index (Phi) is 6.32. The maximum Gasteiger partial charge on any atom is 0.323 e. The SMILES string of the molecule is CC(=O)N1CCN(c2ccc(OC(=O)C(c3ccccc3)c3ccccc3)cc2)CC1. The standard InChI is InChI=1S/C26H26N2O3/c1-20(29)27-16-18-28(19-17-27)23-12-14-24(15-13-23)31-26(30)25(21-8-4-2-5-9-21)22-10-6-3-7-11-22/h2-15,25H,16-19H2,1H3. The molecule has 0 radical (unpaired) electrons. The molecule has 5 heteroatoms. The van der Waals surface area contributed by atoms with Crippen LogP contribution in [0.5, 0.6) is 5.75 Å². The molecule has 0 bridgehead atoms. The highest BCUT2D eigenvalue weighted by molar-refractivity contribution is 5.84. The van der Waals surface area contributed by atoms with Crippen molar-refractivity contribution in [2.24, 2.45) is 0 Å². The lowest BCUT2D eigenvalue weighted by Gasteiger charge is -2.35. The fourth-order valence-electron chi connectivity index (χ4n) is 3.94. The topological polar surface area (TPSA) is 49.9 Å². The van der Waals surface area contributed by atoms with Crippen LogP contribution in [0.1, 0.15) is 24.0 Å². The van der Waals surface area contributed by atoms with Gasteiger partial charge in [0.2, 0.25) is 5.91 Å². The third-order valence-corrected chi connectivity index (χ3v) is 5.65. The number of ether oxygens (including phenoxy) is 1. The van der Waals surface area contributed by atoms with Crippen LogP contribution in [0, 0.1) is 0 Å². The van der Waals surface area contributed by atoms with Gasteiger partial charge in [-0.05, 0) is 35.4 Å². The van der Waals surface area contributed by atoms with Crippen LogP contribution in [0.4, 0.5) is 5.69 Å².